The first-order valence-electron chi connectivity index (χ1n) is 8.69. The van der Waals surface area contributed by atoms with Crippen molar-refractivity contribution in [2.45, 2.75) is 45.6 Å². The number of pyridine rings is 1. The standard InChI is InChI=1S/C18H25N5O2/c1-18(2,3)16-21-17(22-25-16)23-9-6-14(7-10-23)15(24)20-12-13-5-4-8-19-11-13/h4-5,8,11,14H,6-7,9-10,12H2,1-3H3,(H,20,24). The number of carbonyl (C=O) groups excluding carboxylic acids is 1. The van der Waals surface area contributed by atoms with Crippen LogP contribution in [0.25, 0.3) is 0 Å². The molecule has 7 nitrogen and oxygen atoms in total. The van der Waals surface area contributed by atoms with Crippen molar-refractivity contribution in [1.82, 2.24) is 20.4 Å². The fourth-order valence-corrected chi connectivity index (χ4v) is 2.83. The number of aromatic nitrogens is 3. The summed E-state index contributed by atoms with van der Waals surface area (Å²) in [6, 6.07) is 3.83. The minimum Gasteiger partial charge on any atom is -0.352 e. The van der Waals surface area contributed by atoms with Gasteiger partial charge in [-0.2, -0.15) is 4.98 Å². The van der Waals surface area contributed by atoms with Crippen LogP contribution in [0.4, 0.5) is 5.95 Å². The number of carbonyl (C=O) groups is 1. The molecule has 3 heterocycles. The van der Waals surface area contributed by atoms with Gasteiger partial charge in [-0.1, -0.05) is 26.8 Å². The molecule has 7 heteroatoms. The van der Waals surface area contributed by atoms with E-state index in [0.717, 1.165) is 31.5 Å². The summed E-state index contributed by atoms with van der Waals surface area (Å²) in [5, 5.41) is 7.08. The lowest BCUT2D eigenvalue weighted by molar-refractivity contribution is -0.125. The molecule has 1 aliphatic heterocycles. The molecule has 2 aromatic rings. The van der Waals surface area contributed by atoms with Crippen LogP contribution < -0.4 is 10.2 Å². The Kier molecular flexibility index (Phi) is 5.01. The highest BCUT2D eigenvalue weighted by Crippen LogP contribution is 2.25. The summed E-state index contributed by atoms with van der Waals surface area (Å²) in [5.41, 5.74) is 0.852. The lowest BCUT2D eigenvalue weighted by atomic mass is 9.96. The van der Waals surface area contributed by atoms with E-state index in [1.54, 1.807) is 12.4 Å². The summed E-state index contributed by atoms with van der Waals surface area (Å²) in [6.45, 7) is 8.17. The molecule has 1 N–H and O–H groups in total. The van der Waals surface area contributed by atoms with Gasteiger partial charge < -0.3 is 14.7 Å². The van der Waals surface area contributed by atoms with Crippen molar-refractivity contribution in [3.8, 4) is 0 Å². The number of anilines is 1. The monoisotopic (exact) mass is 343 g/mol. The molecular formula is C18H25N5O2. The fraction of sp³-hybridized carbons (Fsp3) is 0.556. The molecule has 1 fully saturated rings. The highest BCUT2D eigenvalue weighted by molar-refractivity contribution is 5.78. The molecule has 25 heavy (non-hydrogen) atoms. The Morgan fingerprint density at radius 3 is 2.72 bits per heavy atom. The number of amides is 1. The zero-order chi connectivity index (χ0) is 17.9. The molecule has 0 bridgehead atoms. The Bertz CT molecular complexity index is 700. The first kappa shape index (κ1) is 17.4. The lowest BCUT2D eigenvalue weighted by Gasteiger charge is -2.30. The van der Waals surface area contributed by atoms with Crippen molar-refractivity contribution in [2.24, 2.45) is 5.92 Å². The third-order valence-electron chi connectivity index (χ3n) is 4.40. The molecular weight excluding hydrogens is 318 g/mol. The maximum Gasteiger partial charge on any atom is 0.266 e. The van der Waals surface area contributed by atoms with Gasteiger partial charge in [0.15, 0.2) is 0 Å². The molecule has 0 atom stereocenters. The third-order valence-corrected chi connectivity index (χ3v) is 4.40. The van der Waals surface area contributed by atoms with Gasteiger partial charge in [0.2, 0.25) is 11.8 Å². The Morgan fingerprint density at radius 2 is 2.12 bits per heavy atom. The van der Waals surface area contributed by atoms with Crippen LogP contribution in [0.3, 0.4) is 0 Å². The van der Waals surface area contributed by atoms with Crippen LogP contribution in [0.2, 0.25) is 0 Å². The van der Waals surface area contributed by atoms with E-state index in [2.05, 4.69) is 25.3 Å². The van der Waals surface area contributed by atoms with Crippen LogP contribution in [0.15, 0.2) is 29.0 Å². The van der Waals surface area contributed by atoms with E-state index >= 15 is 0 Å². The second kappa shape index (κ2) is 7.21. The largest absolute Gasteiger partial charge is 0.352 e. The lowest BCUT2D eigenvalue weighted by Crippen LogP contribution is -2.40. The molecule has 0 aliphatic carbocycles. The summed E-state index contributed by atoms with van der Waals surface area (Å²) < 4.78 is 5.36. The molecule has 1 saturated heterocycles. The van der Waals surface area contributed by atoms with E-state index in [4.69, 9.17) is 4.52 Å². The van der Waals surface area contributed by atoms with E-state index in [-0.39, 0.29) is 17.2 Å². The molecule has 0 spiro atoms. The minimum atomic E-state index is -0.157. The number of rotatable bonds is 4. The summed E-state index contributed by atoms with van der Waals surface area (Å²) in [5.74, 6) is 1.40. The van der Waals surface area contributed by atoms with Gasteiger partial charge in [0.25, 0.3) is 5.95 Å². The second-order valence-electron chi connectivity index (χ2n) is 7.49. The Balaban J connectivity index is 1.50. The molecule has 2 aromatic heterocycles. The predicted octanol–water partition coefficient (Wildman–Crippen LogP) is 2.29. The summed E-state index contributed by atoms with van der Waals surface area (Å²) in [4.78, 5) is 23.0. The summed E-state index contributed by atoms with van der Waals surface area (Å²) >= 11 is 0. The van der Waals surface area contributed by atoms with Crippen molar-refractivity contribution in [3.63, 3.8) is 0 Å². The summed E-state index contributed by atoms with van der Waals surface area (Å²) in [7, 11) is 0. The first-order chi connectivity index (χ1) is 11.9. The van der Waals surface area contributed by atoms with Gasteiger partial charge in [-0.15, -0.1) is 0 Å². The van der Waals surface area contributed by atoms with Gasteiger partial charge in [-0.05, 0) is 29.6 Å². The summed E-state index contributed by atoms with van der Waals surface area (Å²) in [6.07, 6.45) is 5.08. The molecule has 0 aromatic carbocycles. The maximum absolute atomic E-state index is 12.4. The zero-order valence-corrected chi connectivity index (χ0v) is 15.0. The molecule has 1 amide bonds. The topological polar surface area (TPSA) is 84.2 Å². The Morgan fingerprint density at radius 1 is 1.36 bits per heavy atom. The number of nitrogens with zero attached hydrogens (tertiary/aromatic N) is 4. The van der Waals surface area contributed by atoms with Crippen molar-refractivity contribution < 1.29 is 9.32 Å². The van der Waals surface area contributed by atoms with Crippen molar-refractivity contribution >= 4 is 11.9 Å². The second-order valence-corrected chi connectivity index (χ2v) is 7.49. The van der Waals surface area contributed by atoms with Crippen LogP contribution in [-0.4, -0.2) is 34.1 Å². The van der Waals surface area contributed by atoms with Gasteiger partial charge in [-0.3, -0.25) is 9.78 Å². The number of nitrogens with one attached hydrogen (secondary N) is 1. The van der Waals surface area contributed by atoms with Crippen LogP contribution >= 0.6 is 0 Å². The number of hydrogen-bond acceptors (Lipinski definition) is 6. The fourth-order valence-electron chi connectivity index (χ4n) is 2.83. The molecule has 0 saturated carbocycles. The average molecular weight is 343 g/mol. The third kappa shape index (κ3) is 4.35. The van der Waals surface area contributed by atoms with E-state index in [0.29, 0.717) is 18.4 Å². The average Bonchev–Trinajstić information content (AvgIpc) is 3.11. The smallest absolute Gasteiger partial charge is 0.266 e. The molecule has 3 rings (SSSR count). The minimum absolute atomic E-state index is 0.0295. The molecule has 134 valence electrons. The van der Waals surface area contributed by atoms with E-state index < -0.39 is 0 Å². The van der Waals surface area contributed by atoms with E-state index in [1.165, 1.54) is 0 Å². The van der Waals surface area contributed by atoms with Gasteiger partial charge in [0.1, 0.15) is 0 Å². The van der Waals surface area contributed by atoms with Gasteiger partial charge >= 0.3 is 0 Å². The quantitative estimate of drug-likeness (QED) is 0.917. The SMILES string of the molecule is CC(C)(C)c1nc(N2CCC(C(=O)NCc3cccnc3)CC2)no1. The van der Waals surface area contributed by atoms with E-state index in [9.17, 15) is 4.79 Å². The predicted molar refractivity (Wildman–Crippen MR) is 94.0 cm³/mol. The van der Waals surface area contributed by atoms with Crippen molar-refractivity contribution in [3.05, 3.63) is 36.0 Å². The van der Waals surface area contributed by atoms with Gasteiger partial charge in [0.05, 0.1) is 0 Å². The highest BCUT2D eigenvalue weighted by Gasteiger charge is 2.28. The Hall–Kier alpha value is -2.44. The Labute approximate surface area is 147 Å². The van der Waals surface area contributed by atoms with Crippen LogP contribution in [0, 0.1) is 5.92 Å². The van der Waals surface area contributed by atoms with Crippen LogP contribution in [0.1, 0.15) is 45.1 Å². The van der Waals surface area contributed by atoms with Gasteiger partial charge in [-0.25, -0.2) is 0 Å². The number of piperidine rings is 1. The molecule has 1 aliphatic rings. The van der Waals surface area contributed by atoms with E-state index in [1.807, 2.05) is 32.9 Å². The zero-order valence-electron chi connectivity index (χ0n) is 15.0. The normalized spacial score (nSPS) is 16.0. The van der Waals surface area contributed by atoms with Crippen molar-refractivity contribution in [2.75, 3.05) is 18.0 Å². The molecule has 0 radical (unpaired) electrons. The molecule has 0 unspecified atom stereocenters. The highest BCUT2D eigenvalue weighted by atomic mass is 16.5. The number of hydrogen-bond donors (Lipinski definition) is 1. The van der Waals surface area contributed by atoms with Gasteiger partial charge in [0, 0.05) is 43.4 Å². The first-order valence-corrected chi connectivity index (χ1v) is 8.69. The maximum atomic E-state index is 12.4. The van der Waals surface area contributed by atoms with Crippen LogP contribution in [0.5, 0.6) is 0 Å². The van der Waals surface area contributed by atoms with Crippen molar-refractivity contribution in [1.29, 1.82) is 0 Å². The van der Waals surface area contributed by atoms with Crippen LogP contribution in [-0.2, 0) is 16.8 Å².